The Kier molecular flexibility index (Phi) is 11.9. The number of aryl methyl sites for hydroxylation is 1. The van der Waals surface area contributed by atoms with E-state index in [1.54, 1.807) is 25.3 Å². The third-order valence-corrected chi connectivity index (χ3v) is 14.2. The van der Waals surface area contributed by atoms with Crippen molar-refractivity contribution >= 4 is 44.6 Å². The first-order chi connectivity index (χ1) is 29.5. The fraction of sp³-hybridized carbons (Fsp3) is 0.571. The van der Waals surface area contributed by atoms with E-state index in [4.69, 9.17) is 19.2 Å². The summed E-state index contributed by atoms with van der Waals surface area (Å²) in [4.78, 5) is 62.8. The molecular formula is C42H50F3N7O9S. The lowest BCUT2D eigenvalue weighted by Gasteiger charge is -2.29. The second-order valence-electron chi connectivity index (χ2n) is 17.0. The van der Waals surface area contributed by atoms with E-state index in [1.165, 1.54) is 4.90 Å². The van der Waals surface area contributed by atoms with Gasteiger partial charge >= 0.3 is 6.18 Å². The number of hydrogen-bond donors (Lipinski definition) is 3. The number of pyridine rings is 1. The van der Waals surface area contributed by atoms with E-state index in [1.807, 2.05) is 19.1 Å². The Balaban J connectivity index is 1.11. The van der Waals surface area contributed by atoms with Gasteiger partial charge in [-0.15, -0.1) is 0 Å². The van der Waals surface area contributed by atoms with E-state index in [2.05, 4.69) is 20.5 Å². The molecule has 3 N–H and O–H groups in total. The summed E-state index contributed by atoms with van der Waals surface area (Å²) in [6, 6.07) is 3.90. The topological polar surface area (TPSA) is 200 Å². The molecule has 8 rings (SSSR count). The predicted octanol–water partition coefficient (Wildman–Crippen LogP) is 4.39. The molecule has 2 aromatic heterocycles. The maximum Gasteiger partial charge on any atom is 0.408 e. The number of aromatic nitrogens is 3. The number of methoxy groups -OCH3 is 1. The standard InChI is InChI=1S/C42H50F3N7O9S/c1-24-33(59-2)16-15-29-34(20-35(47-36(24)29)61-26-10-8-11-26)60-27-19-32-38(54)48-41(40(56)50-62(57,58)28-13-14-28)21-25(41)9-6-4-3-5-7-12-31(39(55)52(32)22-27)46-37(53)30-17-18-51(49-30)23-42(43,44)45/h6,9,15-18,20,25-28,31-32H,3-5,7-8,10-14,19,21-23H2,1-2H3,(H,46,53)(H,48,54)(H,50,56)/b9-6-/t25?,27-,31+,32+,41-/m1/s1. The van der Waals surface area contributed by atoms with Gasteiger partial charge in [-0.3, -0.25) is 28.6 Å². The summed E-state index contributed by atoms with van der Waals surface area (Å²) in [5.74, 6) is -2.31. The lowest BCUT2D eigenvalue weighted by Crippen LogP contribution is -2.58. The minimum Gasteiger partial charge on any atom is -0.496 e. The Hall–Kier alpha value is -5.40. The highest BCUT2D eigenvalue weighted by molar-refractivity contribution is 7.91. The Morgan fingerprint density at radius 3 is 2.50 bits per heavy atom. The van der Waals surface area contributed by atoms with E-state index >= 15 is 0 Å². The molecule has 1 aromatic carbocycles. The van der Waals surface area contributed by atoms with Gasteiger partial charge < -0.3 is 29.7 Å². The fourth-order valence-corrected chi connectivity index (χ4v) is 9.77. The van der Waals surface area contributed by atoms with Crippen LogP contribution in [-0.4, -0.2) is 107 Å². The second kappa shape index (κ2) is 17.0. The number of alkyl halides is 3. The lowest BCUT2D eigenvalue weighted by atomic mass is 9.96. The van der Waals surface area contributed by atoms with Gasteiger partial charge in [-0.05, 0) is 82.9 Å². The highest BCUT2D eigenvalue weighted by Crippen LogP contribution is 2.46. The summed E-state index contributed by atoms with van der Waals surface area (Å²) in [5.41, 5.74) is -0.618. The molecule has 4 heterocycles. The zero-order valence-electron chi connectivity index (χ0n) is 34.4. The lowest BCUT2D eigenvalue weighted by molar-refractivity contribution is -0.142. The third-order valence-electron chi connectivity index (χ3n) is 12.3. The van der Waals surface area contributed by atoms with Crippen molar-refractivity contribution in [2.24, 2.45) is 5.92 Å². The van der Waals surface area contributed by atoms with Crippen LogP contribution < -0.4 is 29.6 Å². The molecule has 5 aliphatic rings. The number of halogens is 3. The largest absolute Gasteiger partial charge is 0.496 e. The van der Waals surface area contributed by atoms with Crippen LogP contribution in [0.5, 0.6) is 17.4 Å². The van der Waals surface area contributed by atoms with Crippen LogP contribution in [0.25, 0.3) is 10.9 Å². The molecule has 16 nitrogen and oxygen atoms in total. The first-order valence-electron chi connectivity index (χ1n) is 21.1. The number of amides is 4. The summed E-state index contributed by atoms with van der Waals surface area (Å²) in [6.45, 7) is 0.307. The highest BCUT2D eigenvalue weighted by atomic mass is 32.2. The number of benzene rings is 1. The van der Waals surface area contributed by atoms with E-state index < -0.39 is 81.3 Å². The van der Waals surface area contributed by atoms with Gasteiger partial charge in [0.2, 0.25) is 27.7 Å². The van der Waals surface area contributed by atoms with Crippen LogP contribution in [0.4, 0.5) is 13.2 Å². The van der Waals surface area contributed by atoms with E-state index in [-0.39, 0.29) is 37.6 Å². The first kappa shape index (κ1) is 43.3. The van der Waals surface area contributed by atoms with Gasteiger partial charge in [0.15, 0.2) is 0 Å². The zero-order chi connectivity index (χ0) is 44.0. The van der Waals surface area contributed by atoms with Gasteiger partial charge in [-0.2, -0.15) is 18.3 Å². The Bertz CT molecular complexity index is 2380. The SMILES string of the molecule is COc1ccc2c(O[C@@H]3C[C@H]4C(=O)N[C@]5(C(=O)NS(=O)(=O)C6CC6)CC5/C=C\CCCCC[C@H](NC(=O)c5ccn(CC(F)(F)F)n5)C(=O)N4C3)cc(OC3CCC3)nc2c1C. The van der Waals surface area contributed by atoms with Crippen LogP contribution in [0.3, 0.4) is 0 Å². The van der Waals surface area contributed by atoms with Crippen molar-refractivity contribution in [3.05, 3.63) is 53.9 Å². The number of rotatable bonds is 11. The number of carbonyl (C=O) groups is 4. The van der Waals surface area contributed by atoms with Gasteiger partial charge in [0, 0.05) is 35.6 Å². The van der Waals surface area contributed by atoms with Crippen LogP contribution in [0.2, 0.25) is 0 Å². The predicted molar refractivity (Wildman–Crippen MR) is 217 cm³/mol. The molecule has 0 radical (unpaired) electrons. The minimum atomic E-state index is -4.58. The molecule has 0 spiro atoms. The van der Waals surface area contributed by atoms with Crippen molar-refractivity contribution in [1.82, 2.24) is 35.0 Å². The van der Waals surface area contributed by atoms with E-state index in [0.29, 0.717) is 71.5 Å². The molecule has 1 unspecified atom stereocenters. The maximum absolute atomic E-state index is 14.8. The number of nitrogens with zero attached hydrogens (tertiary/aromatic N) is 4. The van der Waals surface area contributed by atoms with Crippen LogP contribution in [-0.2, 0) is 31.0 Å². The fourth-order valence-electron chi connectivity index (χ4n) is 8.41. The number of hydrogen-bond acceptors (Lipinski definition) is 11. The van der Waals surface area contributed by atoms with Crippen LogP contribution in [0.1, 0.15) is 93.1 Å². The Labute approximate surface area is 356 Å². The first-order valence-corrected chi connectivity index (χ1v) is 22.7. The van der Waals surface area contributed by atoms with Crippen molar-refractivity contribution in [3.8, 4) is 17.4 Å². The molecule has 1 saturated heterocycles. The molecule has 334 valence electrons. The number of sulfonamides is 1. The van der Waals surface area contributed by atoms with E-state index in [9.17, 15) is 40.8 Å². The molecule has 62 heavy (non-hydrogen) atoms. The summed E-state index contributed by atoms with van der Waals surface area (Å²) >= 11 is 0. The summed E-state index contributed by atoms with van der Waals surface area (Å²) in [6.07, 6.45) is 5.54. The molecule has 0 bridgehead atoms. The number of nitrogens with one attached hydrogen (secondary N) is 3. The second-order valence-corrected chi connectivity index (χ2v) is 18.9. The summed E-state index contributed by atoms with van der Waals surface area (Å²) in [5, 5.41) is 9.22. The summed E-state index contributed by atoms with van der Waals surface area (Å²) in [7, 11) is -2.42. The zero-order valence-corrected chi connectivity index (χ0v) is 35.2. The van der Waals surface area contributed by atoms with Crippen molar-refractivity contribution in [2.45, 2.75) is 132 Å². The molecule has 4 amide bonds. The number of allylic oxidation sites excluding steroid dienone is 1. The van der Waals surface area contributed by atoms with Crippen LogP contribution >= 0.6 is 0 Å². The summed E-state index contributed by atoms with van der Waals surface area (Å²) < 4.78 is 86.3. The number of fused-ring (bicyclic) bond motifs is 3. The number of ether oxygens (including phenoxy) is 3. The average Bonchev–Trinajstić information content (AvgIpc) is 4.09. The molecule has 20 heteroatoms. The van der Waals surface area contributed by atoms with Crippen molar-refractivity contribution in [2.75, 3.05) is 13.7 Å². The van der Waals surface area contributed by atoms with Gasteiger partial charge in [-0.1, -0.05) is 25.0 Å². The Morgan fingerprint density at radius 1 is 1.00 bits per heavy atom. The highest BCUT2D eigenvalue weighted by Gasteiger charge is 2.62. The molecule has 2 aliphatic heterocycles. The average molecular weight is 886 g/mol. The van der Waals surface area contributed by atoms with Crippen molar-refractivity contribution in [3.63, 3.8) is 0 Å². The van der Waals surface area contributed by atoms with Crippen LogP contribution in [0, 0.1) is 12.8 Å². The van der Waals surface area contributed by atoms with Crippen molar-refractivity contribution < 1.29 is 55.0 Å². The maximum atomic E-state index is 14.8. The molecule has 3 aliphatic carbocycles. The van der Waals surface area contributed by atoms with Gasteiger partial charge in [-0.25, -0.2) is 13.4 Å². The van der Waals surface area contributed by atoms with Gasteiger partial charge in [0.05, 0.1) is 24.4 Å². The molecular weight excluding hydrogens is 836 g/mol. The van der Waals surface area contributed by atoms with Gasteiger partial charge in [0.25, 0.3) is 11.8 Å². The smallest absolute Gasteiger partial charge is 0.408 e. The minimum absolute atomic E-state index is 0.0119. The van der Waals surface area contributed by atoms with Gasteiger partial charge in [0.1, 0.15) is 53.6 Å². The molecule has 3 aromatic rings. The number of carbonyl (C=O) groups excluding carboxylic acids is 4. The molecule has 5 atom stereocenters. The van der Waals surface area contributed by atoms with Crippen molar-refractivity contribution in [1.29, 1.82) is 0 Å². The quantitative estimate of drug-likeness (QED) is 0.231. The van der Waals surface area contributed by atoms with E-state index in [0.717, 1.165) is 37.1 Å². The normalized spacial score (nSPS) is 26.5. The third kappa shape index (κ3) is 9.34. The molecule has 4 fully saturated rings. The molecule has 3 saturated carbocycles. The van der Waals surface area contributed by atoms with Crippen LogP contribution in [0.15, 0.2) is 42.6 Å². The monoisotopic (exact) mass is 885 g/mol. The Morgan fingerprint density at radius 2 is 1.79 bits per heavy atom.